The fourth-order valence-electron chi connectivity index (χ4n) is 1.69. The SMILES string of the molecule is O=C(C[C@H]1CNCCO1)Nc1ccccc1. The summed E-state index contributed by atoms with van der Waals surface area (Å²) in [4.78, 5) is 11.7. The molecule has 1 aromatic rings. The second-order valence-electron chi connectivity index (χ2n) is 3.82. The first-order valence-electron chi connectivity index (χ1n) is 5.52. The first-order valence-corrected chi connectivity index (χ1v) is 5.52. The summed E-state index contributed by atoms with van der Waals surface area (Å²) in [6, 6.07) is 9.46. The predicted octanol–water partition coefficient (Wildman–Crippen LogP) is 1.00. The lowest BCUT2D eigenvalue weighted by atomic mass is 10.2. The number of ether oxygens (including phenoxy) is 1. The van der Waals surface area contributed by atoms with Gasteiger partial charge in [0.15, 0.2) is 0 Å². The summed E-state index contributed by atoms with van der Waals surface area (Å²) in [5, 5.41) is 6.04. The van der Waals surface area contributed by atoms with E-state index in [0.29, 0.717) is 13.0 Å². The van der Waals surface area contributed by atoms with E-state index in [-0.39, 0.29) is 12.0 Å². The van der Waals surface area contributed by atoms with Gasteiger partial charge in [-0.3, -0.25) is 4.79 Å². The van der Waals surface area contributed by atoms with Crippen LogP contribution >= 0.6 is 0 Å². The Kier molecular flexibility index (Phi) is 3.91. The minimum atomic E-state index is -0.00235. The molecule has 1 aromatic carbocycles. The third-order valence-electron chi connectivity index (χ3n) is 2.48. The molecule has 0 spiro atoms. The third kappa shape index (κ3) is 3.32. The molecule has 0 radical (unpaired) electrons. The molecule has 0 unspecified atom stereocenters. The van der Waals surface area contributed by atoms with E-state index in [9.17, 15) is 4.79 Å². The van der Waals surface area contributed by atoms with Crippen LogP contribution in [0, 0.1) is 0 Å². The standard InChI is InChI=1S/C12H16N2O2/c15-12(8-11-9-13-6-7-16-11)14-10-4-2-1-3-5-10/h1-5,11,13H,6-9H2,(H,14,15)/t11-/m0/s1. The van der Waals surface area contributed by atoms with E-state index in [0.717, 1.165) is 18.8 Å². The van der Waals surface area contributed by atoms with Crippen molar-refractivity contribution in [3.05, 3.63) is 30.3 Å². The number of carbonyl (C=O) groups excluding carboxylic acids is 1. The summed E-state index contributed by atoms with van der Waals surface area (Å²) >= 11 is 0. The quantitative estimate of drug-likeness (QED) is 0.799. The van der Waals surface area contributed by atoms with Crippen LogP contribution in [0.5, 0.6) is 0 Å². The Morgan fingerprint density at radius 2 is 2.25 bits per heavy atom. The van der Waals surface area contributed by atoms with Gasteiger partial charge >= 0.3 is 0 Å². The van der Waals surface area contributed by atoms with Gasteiger partial charge in [0.2, 0.25) is 5.91 Å². The van der Waals surface area contributed by atoms with Gasteiger partial charge in [0.1, 0.15) is 0 Å². The van der Waals surface area contributed by atoms with Gasteiger partial charge in [-0.25, -0.2) is 0 Å². The number of para-hydroxylation sites is 1. The van der Waals surface area contributed by atoms with E-state index < -0.39 is 0 Å². The van der Waals surface area contributed by atoms with Crippen LogP contribution in [0.1, 0.15) is 6.42 Å². The van der Waals surface area contributed by atoms with E-state index in [4.69, 9.17) is 4.74 Å². The third-order valence-corrected chi connectivity index (χ3v) is 2.48. The summed E-state index contributed by atoms with van der Waals surface area (Å²) in [6.07, 6.45) is 0.402. The van der Waals surface area contributed by atoms with Gasteiger partial charge in [-0.1, -0.05) is 18.2 Å². The number of carbonyl (C=O) groups is 1. The van der Waals surface area contributed by atoms with Crippen molar-refractivity contribution in [3.8, 4) is 0 Å². The molecule has 1 saturated heterocycles. The summed E-state index contributed by atoms with van der Waals surface area (Å²) in [5.41, 5.74) is 0.830. The van der Waals surface area contributed by atoms with Crippen LogP contribution in [-0.4, -0.2) is 31.7 Å². The lowest BCUT2D eigenvalue weighted by Gasteiger charge is -2.23. The monoisotopic (exact) mass is 220 g/mol. The Morgan fingerprint density at radius 3 is 2.94 bits per heavy atom. The van der Waals surface area contributed by atoms with Gasteiger partial charge in [0, 0.05) is 18.8 Å². The van der Waals surface area contributed by atoms with E-state index in [1.54, 1.807) is 0 Å². The molecule has 4 heteroatoms. The van der Waals surface area contributed by atoms with Crippen LogP contribution < -0.4 is 10.6 Å². The molecular weight excluding hydrogens is 204 g/mol. The van der Waals surface area contributed by atoms with Crippen LogP contribution in [0.25, 0.3) is 0 Å². The summed E-state index contributed by atoms with van der Waals surface area (Å²) in [5.74, 6) is -0.0000926. The molecule has 1 aliphatic rings. The first-order chi connectivity index (χ1) is 7.84. The van der Waals surface area contributed by atoms with Crippen molar-refractivity contribution < 1.29 is 9.53 Å². The molecule has 1 aliphatic heterocycles. The number of hydrogen-bond donors (Lipinski definition) is 2. The van der Waals surface area contributed by atoms with Crippen molar-refractivity contribution in [2.45, 2.75) is 12.5 Å². The Morgan fingerprint density at radius 1 is 1.44 bits per heavy atom. The fourth-order valence-corrected chi connectivity index (χ4v) is 1.69. The average Bonchev–Trinajstić information content (AvgIpc) is 2.31. The molecule has 1 heterocycles. The summed E-state index contributed by atoms with van der Waals surface area (Å²) in [6.45, 7) is 2.31. The Balaban J connectivity index is 1.80. The van der Waals surface area contributed by atoms with Gasteiger partial charge in [-0.2, -0.15) is 0 Å². The molecule has 16 heavy (non-hydrogen) atoms. The van der Waals surface area contributed by atoms with Crippen LogP contribution in [0.3, 0.4) is 0 Å². The lowest BCUT2D eigenvalue weighted by molar-refractivity contribution is -0.119. The highest BCUT2D eigenvalue weighted by Crippen LogP contribution is 2.08. The molecule has 2 rings (SSSR count). The largest absolute Gasteiger partial charge is 0.375 e. The van der Waals surface area contributed by atoms with Crippen molar-refractivity contribution in [1.82, 2.24) is 5.32 Å². The number of amides is 1. The fraction of sp³-hybridized carbons (Fsp3) is 0.417. The molecule has 0 aliphatic carbocycles. The maximum atomic E-state index is 11.7. The Bertz CT molecular complexity index is 334. The normalized spacial score (nSPS) is 20.4. The molecule has 0 saturated carbocycles. The predicted molar refractivity (Wildman–Crippen MR) is 62.3 cm³/mol. The minimum Gasteiger partial charge on any atom is -0.375 e. The van der Waals surface area contributed by atoms with Gasteiger partial charge in [0.05, 0.1) is 19.1 Å². The van der Waals surface area contributed by atoms with Gasteiger partial charge in [-0.15, -0.1) is 0 Å². The maximum Gasteiger partial charge on any atom is 0.227 e. The second-order valence-corrected chi connectivity index (χ2v) is 3.82. The molecule has 0 bridgehead atoms. The van der Waals surface area contributed by atoms with Crippen molar-refractivity contribution in [2.75, 3.05) is 25.0 Å². The average molecular weight is 220 g/mol. The van der Waals surface area contributed by atoms with Crippen LogP contribution in [0.2, 0.25) is 0 Å². The lowest BCUT2D eigenvalue weighted by Crippen LogP contribution is -2.40. The number of nitrogens with one attached hydrogen (secondary N) is 2. The second kappa shape index (κ2) is 5.63. The molecule has 1 fully saturated rings. The smallest absolute Gasteiger partial charge is 0.227 e. The molecule has 86 valence electrons. The number of anilines is 1. The molecule has 2 N–H and O–H groups in total. The summed E-state index contributed by atoms with van der Waals surface area (Å²) in [7, 11) is 0. The topological polar surface area (TPSA) is 50.4 Å². The highest BCUT2D eigenvalue weighted by atomic mass is 16.5. The zero-order valence-electron chi connectivity index (χ0n) is 9.11. The highest BCUT2D eigenvalue weighted by Gasteiger charge is 2.17. The van der Waals surface area contributed by atoms with Crippen LogP contribution in [-0.2, 0) is 9.53 Å². The van der Waals surface area contributed by atoms with Crippen LogP contribution in [0.15, 0.2) is 30.3 Å². The van der Waals surface area contributed by atoms with Crippen molar-refractivity contribution >= 4 is 11.6 Å². The first kappa shape index (κ1) is 11.1. The van der Waals surface area contributed by atoms with Gasteiger partial charge in [-0.05, 0) is 12.1 Å². The Hall–Kier alpha value is -1.39. The van der Waals surface area contributed by atoms with Crippen molar-refractivity contribution in [3.63, 3.8) is 0 Å². The van der Waals surface area contributed by atoms with E-state index >= 15 is 0 Å². The number of benzene rings is 1. The molecule has 1 atom stereocenters. The van der Waals surface area contributed by atoms with E-state index in [2.05, 4.69) is 10.6 Å². The van der Waals surface area contributed by atoms with E-state index in [1.807, 2.05) is 30.3 Å². The number of hydrogen-bond acceptors (Lipinski definition) is 3. The van der Waals surface area contributed by atoms with Gasteiger partial charge < -0.3 is 15.4 Å². The van der Waals surface area contributed by atoms with Gasteiger partial charge in [0.25, 0.3) is 0 Å². The molecule has 1 amide bonds. The molecule has 0 aromatic heterocycles. The maximum absolute atomic E-state index is 11.7. The zero-order valence-corrected chi connectivity index (χ0v) is 9.11. The highest BCUT2D eigenvalue weighted by molar-refractivity contribution is 5.90. The number of morpholine rings is 1. The van der Waals surface area contributed by atoms with Crippen LogP contribution in [0.4, 0.5) is 5.69 Å². The molecule has 4 nitrogen and oxygen atoms in total. The molecular formula is C12H16N2O2. The minimum absolute atomic E-state index is 0.0000926. The zero-order chi connectivity index (χ0) is 11.2. The van der Waals surface area contributed by atoms with Crippen molar-refractivity contribution in [1.29, 1.82) is 0 Å². The van der Waals surface area contributed by atoms with Crippen molar-refractivity contribution in [2.24, 2.45) is 0 Å². The summed E-state index contributed by atoms with van der Waals surface area (Å²) < 4.78 is 5.46. The number of rotatable bonds is 3. The van der Waals surface area contributed by atoms with E-state index in [1.165, 1.54) is 0 Å². The Labute approximate surface area is 95.0 Å².